The first kappa shape index (κ1) is 20.6. The largest absolute Gasteiger partial charge is 0.493 e. The molecular formula is C16H14ClN3O8. The number of benzene rings is 1. The van der Waals surface area contributed by atoms with Crippen molar-refractivity contribution in [3.8, 4) is 22.6 Å². The number of nitrogen functional groups attached to an aromatic ring is 1. The van der Waals surface area contributed by atoms with Gasteiger partial charge < -0.3 is 36.1 Å². The highest BCUT2D eigenvalue weighted by molar-refractivity contribution is 6.32. The predicted octanol–water partition coefficient (Wildman–Crippen LogP) is 0.547. The molecule has 1 aromatic carbocycles. The van der Waals surface area contributed by atoms with E-state index in [0.717, 1.165) is 6.07 Å². The number of carboxylic acid groups (broad SMARTS) is 2. The quantitative estimate of drug-likeness (QED) is 0.432. The maximum Gasteiger partial charge on any atom is 0.342 e. The Bertz CT molecular complexity index is 1050. The minimum absolute atomic E-state index is 0.0599. The van der Waals surface area contributed by atoms with Gasteiger partial charge >= 0.3 is 11.9 Å². The number of rotatable bonds is 7. The number of aromatic carboxylic acids is 2. The van der Waals surface area contributed by atoms with E-state index < -0.39 is 52.5 Å². The number of carbonyl (C=O) groups is 3. The molecule has 148 valence electrons. The average molecular weight is 412 g/mol. The lowest BCUT2D eigenvalue weighted by Crippen LogP contribution is -2.24. The summed E-state index contributed by atoms with van der Waals surface area (Å²) in [4.78, 5) is 48.2. The fourth-order valence-electron chi connectivity index (χ4n) is 2.48. The molecule has 0 atom stereocenters. The van der Waals surface area contributed by atoms with Crippen LogP contribution >= 0.6 is 11.6 Å². The minimum Gasteiger partial charge on any atom is -0.493 e. The number of hydrogen-bond donors (Lipinski definition) is 5. The van der Waals surface area contributed by atoms with Gasteiger partial charge in [-0.15, -0.1) is 0 Å². The van der Waals surface area contributed by atoms with E-state index in [1.54, 1.807) is 0 Å². The number of hydrogen-bond acceptors (Lipinski definition) is 7. The number of primary amides is 1. The van der Waals surface area contributed by atoms with Crippen molar-refractivity contribution in [3.05, 3.63) is 38.6 Å². The molecule has 0 aliphatic heterocycles. The molecule has 0 saturated heterocycles. The molecule has 2 rings (SSSR count). The Morgan fingerprint density at radius 2 is 1.79 bits per heavy atom. The maximum atomic E-state index is 12.1. The molecule has 1 aromatic heterocycles. The molecule has 1 amide bonds. The number of aromatic amines is 1. The van der Waals surface area contributed by atoms with Crippen LogP contribution in [0.3, 0.4) is 0 Å². The summed E-state index contributed by atoms with van der Waals surface area (Å²) in [6.45, 7) is -0.520. The zero-order chi connectivity index (χ0) is 21.2. The normalized spacial score (nSPS) is 10.4. The number of nitrogens with two attached hydrogens (primary N) is 2. The number of aromatic nitrogens is 1. The third-order valence-corrected chi connectivity index (χ3v) is 3.83. The smallest absolute Gasteiger partial charge is 0.342 e. The van der Waals surface area contributed by atoms with Gasteiger partial charge in [0.25, 0.3) is 11.5 Å². The second-order valence-corrected chi connectivity index (χ2v) is 5.75. The SMILES string of the molecule is COc1cc(-c2c(C(=O)O)c(N)[nH]c(=O)c2C(=O)O)cc(Cl)c1OCC(N)=O. The number of nitrogens with one attached hydrogen (secondary N) is 1. The summed E-state index contributed by atoms with van der Waals surface area (Å²) in [6, 6.07) is 2.34. The van der Waals surface area contributed by atoms with Crippen molar-refractivity contribution in [1.29, 1.82) is 0 Å². The first-order chi connectivity index (χ1) is 13.1. The average Bonchev–Trinajstić information content (AvgIpc) is 2.58. The van der Waals surface area contributed by atoms with Crippen molar-refractivity contribution in [2.45, 2.75) is 0 Å². The Morgan fingerprint density at radius 1 is 1.18 bits per heavy atom. The van der Waals surface area contributed by atoms with E-state index in [1.807, 2.05) is 4.98 Å². The molecule has 0 unspecified atom stereocenters. The van der Waals surface area contributed by atoms with Gasteiger partial charge in [-0.3, -0.25) is 9.59 Å². The van der Waals surface area contributed by atoms with Gasteiger partial charge in [-0.05, 0) is 17.7 Å². The molecule has 0 spiro atoms. The summed E-state index contributed by atoms with van der Waals surface area (Å²) >= 11 is 6.12. The Morgan fingerprint density at radius 3 is 2.29 bits per heavy atom. The molecule has 0 fully saturated rings. The van der Waals surface area contributed by atoms with Crippen LogP contribution in [0.5, 0.6) is 11.5 Å². The van der Waals surface area contributed by atoms with E-state index in [0.29, 0.717) is 0 Å². The fraction of sp³-hybridized carbons (Fsp3) is 0.125. The number of methoxy groups -OCH3 is 1. The standard InChI is InChI=1S/C16H14ClN3O8/c1-27-7-3-5(2-6(17)12(7)28-4-8(18)21)9-10(15(23)24)13(19)20-14(22)11(9)16(25)26/h2-3H,4H2,1H3,(H2,18,21)(H,23,24)(H,25,26)(H3,19,20,22). The molecular weight excluding hydrogens is 398 g/mol. The summed E-state index contributed by atoms with van der Waals surface area (Å²) in [7, 11) is 1.23. The lowest BCUT2D eigenvalue weighted by Gasteiger charge is -2.16. The van der Waals surface area contributed by atoms with Crippen LogP contribution < -0.4 is 26.5 Å². The molecule has 0 aliphatic rings. The van der Waals surface area contributed by atoms with Gasteiger partial charge in [-0.1, -0.05) is 11.6 Å². The van der Waals surface area contributed by atoms with Crippen LogP contribution in [0.2, 0.25) is 5.02 Å². The van der Waals surface area contributed by atoms with Gasteiger partial charge in [0.2, 0.25) is 0 Å². The van der Waals surface area contributed by atoms with Gasteiger partial charge in [0.15, 0.2) is 18.1 Å². The topological polar surface area (TPSA) is 195 Å². The number of amides is 1. The summed E-state index contributed by atoms with van der Waals surface area (Å²) in [5.41, 5.74) is 7.45. The van der Waals surface area contributed by atoms with Crippen molar-refractivity contribution in [3.63, 3.8) is 0 Å². The molecule has 28 heavy (non-hydrogen) atoms. The highest BCUT2D eigenvalue weighted by Crippen LogP contribution is 2.41. The second kappa shape index (κ2) is 7.88. The zero-order valence-corrected chi connectivity index (χ0v) is 15.0. The van der Waals surface area contributed by atoms with Crippen LogP contribution in [0.25, 0.3) is 11.1 Å². The Kier molecular flexibility index (Phi) is 5.79. The predicted molar refractivity (Wildman–Crippen MR) is 97.1 cm³/mol. The van der Waals surface area contributed by atoms with Gasteiger partial charge in [0.1, 0.15) is 16.9 Å². The van der Waals surface area contributed by atoms with Crippen LogP contribution in [0.4, 0.5) is 5.82 Å². The molecule has 0 saturated carbocycles. The summed E-state index contributed by atoms with van der Waals surface area (Å²) in [5.74, 6) is -4.72. The monoisotopic (exact) mass is 411 g/mol. The molecule has 1 heterocycles. The molecule has 0 aliphatic carbocycles. The summed E-state index contributed by atoms with van der Waals surface area (Å²) in [6.07, 6.45) is 0. The highest BCUT2D eigenvalue weighted by atomic mass is 35.5. The van der Waals surface area contributed by atoms with Crippen LogP contribution in [-0.4, -0.2) is 46.8 Å². The first-order valence-corrected chi connectivity index (χ1v) is 7.77. The van der Waals surface area contributed by atoms with E-state index in [1.165, 1.54) is 13.2 Å². The van der Waals surface area contributed by atoms with Gasteiger partial charge in [-0.2, -0.15) is 0 Å². The van der Waals surface area contributed by atoms with Crippen LogP contribution in [-0.2, 0) is 4.79 Å². The summed E-state index contributed by atoms with van der Waals surface area (Å²) < 4.78 is 10.3. The fourth-order valence-corrected chi connectivity index (χ4v) is 2.75. The molecule has 0 bridgehead atoms. The minimum atomic E-state index is -1.68. The molecule has 0 radical (unpaired) electrons. The van der Waals surface area contributed by atoms with Gasteiger partial charge in [-0.25, -0.2) is 9.59 Å². The number of H-pyrrole nitrogens is 1. The van der Waals surface area contributed by atoms with E-state index >= 15 is 0 Å². The number of pyridine rings is 1. The maximum absolute atomic E-state index is 12.1. The van der Waals surface area contributed by atoms with E-state index in [2.05, 4.69) is 0 Å². The van der Waals surface area contributed by atoms with Crippen LogP contribution in [0.1, 0.15) is 20.7 Å². The number of carboxylic acids is 2. The molecule has 12 heteroatoms. The van der Waals surface area contributed by atoms with Crippen molar-refractivity contribution in [1.82, 2.24) is 4.98 Å². The van der Waals surface area contributed by atoms with Crippen LogP contribution in [0, 0.1) is 0 Å². The second-order valence-electron chi connectivity index (χ2n) is 5.35. The number of carbonyl (C=O) groups excluding carboxylic acids is 1. The van der Waals surface area contributed by atoms with E-state index in [4.69, 9.17) is 32.5 Å². The van der Waals surface area contributed by atoms with E-state index in [9.17, 15) is 29.4 Å². The Balaban J connectivity index is 2.86. The van der Waals surface area contributed by atoms with Gasteiger partial charge in [0.05, 0.1) is 12.1 Å². The van der Waals surface area contributed by atoms with E-state index in [-0.39, 0.29) is 22.1 Å². The van der Waals surface area contributed by atoms with Crippen LogP contribution in [0.15, 0.2) is 16.9 Å². The van der Waals surface area contributed by atoms with Crippen molar-refractivity contribution >= 4 is 35.3 Å². The third kappa shape index (κ3) is 3.83. The van der Waals surface area contributed by atoms with Crippen molar-refractivity contribution < 1.29 is 34.1 Å². The van der Waals surface area contributed by atoms with Crippen molar-refractivity contribution in [2.24, 2.45) is 5.73 Å². The molecule has 2 aromatic rings. The molecule has 7 N–H and O–H groups in total. The highest BCUT2D eigenvalue weighted by Gasteiger charge is 2.28. The third-order valence-electron chi connectivity index (χ3n) is 3.55. The Hall–Kier alpha value is -3.73. The lowest BCUT2D eigenvalue weighted by atomic mass is 9.95. The summed E-state index contributed by atoms with van der Waals surface area (Å²) in [5, 5.41) is 18.7. The van der Waals surface area contributed by atoms with Crippen molar-refractivity contribution in [2.75, 3.05) is 19.5 Å². The zero-order valence-electron chi connectivity index (χ0n) is 14.2. The molecule has 11 nitrogen and oxygen atoms in total. The number of ether oxygens (including phenoxy) is 2. The number of anilines is 1. The number of halogens is 1. The lowest BCUT2D eigenvalue weighted by molar-refractivity contribution is -0.119. The van der Waals surface area contributed by atoms with Gasteiger partial charge in [0, 0.05) is 5.56 Å². The Labute approximate surface area is 161 Å². The first-order valence-electron chi connectivity index (χ1n) is 7.39.